The number of nitrogens with zero attached hydrogens (tertiary/aromatic N) is 2. The highest BCUT2D eigenvalue weighted by atomic mass is 16.2. The third-order valence-electron chi connectivity index (χ3n) is 8.53. The van der Waals surface area contributed by atoms with Gasteiger partial charge in [0.25, 0.3) is 5.91 Å². The Kier molecular flexibility index (Phi) is 7.46. The number of carbonyl (C=O) groups is 2. The SMILES string of the molecule is O=C1N[C@H](Cc2c[nH]c3ccccc23)C(=O)N1CC(CCN1CCC(c2ccccc2)CC1)c1ccccc1. The van der Waals surface area contributed by atoms with Crippen LogP contribution in [0, 0.1) is 0 Å². The van der Waals surface area contributed by atoms with Crippen molar-refractivity contribution in [2.45, 2.75) is 43.6 Å². The molecule has 3 heterocycles. The van der Waals surface area contributed by atoms with E-state index >= 15 is 0 Å². The maximum absolute atomic E-state index is 13.4. The van der Waals surface area contributed by atoms with Crippen molar-refractivity contribution in [3.05, 3.63) is 108 Å². The van der Waals surface area contributed by atoms with E-state index in [2.05, 4.69) is 57.7 Å². The Labute approximate surface area is 230 Å². The smallest absolute Gasteiger partial charge is 0.324 e. The van der Waals surface area contributed by atoms with E-state index in [0.29, 0.717) is 18.9 Å². The molecule has 0 saturated carbocycles. The number of amides is 3. The van der Waals surface area contributed by atoms with Gasteiger partial charge in [-0.1, -0.05) is 78.9 Å². The zero-order chi connectivity index (χ0) is 26.6. The number of hydrogen-bond donors (Lipinski definition) is 2. The maximum atomic E-state index is 13.4. The first-order chi connectivity index (χ1) is 19.2. The number of aromatic amines is 1. The summed E-state index contributed by atoms with van der Waals surface area (Å²) in [5, 5.41) is 4.05. The minimum Gasteiger partial charge on any atom is -0.361 e. The average molecular weight is 521 g/mol. The zero-order valence-electron chi connectivity index (χ0n) is 22.3. The first kappa shape index (κ1) is 25.4. The minimum absolute atomic E-state index is 0.0968. The van der Waals surface area contributed by atoms with Crippen LogP contribution in [0.15, 0.2) is 91.1 Å². The summed E-state index contributed by atoms with van der Waals surface area (Å²) in [6.07, 6.45) is 5.67. The van der Waals surface area contributed by atoms with Crippen LogP contribution in [0.4, 0.5) is 4.79 Å². The maximum Gasteiger partial charge on any atom is 0.324 e. The third kappa shape index (κ3) is 5.62. The van der Waals surface area contributed by atoms with Gasteiger partial charge >= 0.3 is 6.03 Å². The van der Waals surface area contributed by atoms with Gasteiger partial charge in [0.15, 0.2) is 0 Å². The van der Waals surface area contributed by atoms with Gasteiger partial charge in [-0.05, 0) is 67.6 Å². The van der Waals surface area contributed by atoms with Crippen molar-refractivity contribution < 1.29 is 9.59 Å². The molecule has 0 spiro atoms. The van der Waals surface area contributed by atoms with Gasteiger partial charge in [-0.2, -0.15) is 0 Å². The molecule has 2 fully saturated rings. The minimum atomic E-state index is -0.537. The number of urea groups is 1. The quantitative estimate of drug-likeness (QED) is 0.279. The van der Waals surface area contributed by atoms with Crippen molar-refractivity contribution in [3.8, 4) is 0 Å². The second-order valence-corrected chi connectivity index (χ2v) is 10.9. The Bertz CT molecular complexity index is 1410. The summed E-state index contributed by atoms with van der Waals surface area (Å²) in [7, 11) is 0. The lowest BCUT2D eigenvalue weighted by atomic mass is 9.89. The highest BCUT2D eigenvalue weighted by molar-refractivity contribution is 6.04. The molecule has 6 nitrogen and oxygen atoms in total. The van der Waals surface area contributed by atoms with Crippen LogP contribution in [0.25, 0.3) is 10.9 Å². The van der Waals surface area contributed by atoms with Gasteiger partial charge in [0, 0.05) is 36.0 Å². The van der Waals surface area contributed by atoms with Crippen LogP contribution in [0.1, 0.15) is 47.8 Å². The number of fused-ring (bicyclic) bond motifs is 1. The van der Waals surface area contributed by atoms with Crippen molar-refractivity contribution in [2.75, 3.05) is 26.2 Å². The predicted octanol–water partition coefficient (Wildman–Crippen LogP) is 5.68. The molecule has 1 aromatic heterocycles. The van der Waals surface area contributed by atoms with Crippen molar-refractivity contribution >= 4 is 22.8 Å². The van der Waals surface area contributed by atoms with Crippen LogP contribution >= 0.6 is 0 Å². The standard InChI is InChI=1S/C33H36N4O2/c38-32-31(21-28-22-34-30-14-8-7-13-29(28)30)35-33(39)37(32)23-27(25-11-5-2-6-12-25)17-20-36-18-15-26(16-19-36)24-9-3-1-4-10-24/h1-14,22,26-27,31,34H,15-21,23H2,(H,35,39)/t27?,31-/m1/s1. The molecular weight excluding hydrogens is 484 g/mol. The summed E-state index contributed by atoms with van der Waals surface area (Å²) in [5.41, 5.74) is 4.71. The van der Waals surface area contributed by atoms with Crippen LogP contribution in [0.5, 0.6) is 0 Å². The van der Waals surface area contributed by atoms with Crippen molar-refractivity contribution in [3.63, 3.8) is 0 Å². The molecule has 1 unspecified atom stereocenters. The number of aromatic nitrogens is 1. The Morgan fingerprint density at radius 1 is 0.846 bits per heavy atom. The number of carbonyl (C=O) groups excluding carboxylic acids is 2. The van der Waals surface area contributed by atoms with E-state index in [1.54, 1.807) is 0 Å². The summed E-state index contributed by atoms with van der Waals surface area (Å²) < 4.78 is 0. The molecule has 2 aliphatic heterocycles. The van der Waals surface area contributed by atoms with Gasteiger partial charge in [0.1, 0.15) is 6.04 Å². The Morgan fingerprint density at radius 2 is 1.54 bits per heavy atom. The van der Waals surface area contributed by atoms with Crippen molar-refractivity contribution in [2.24, 2.45) is 0 Å². The van der Waals surface area contributed by atoms with E-state index in [1.807, 2.05) is 48.7 Å². The van der Waals surface area contributed by atoms with Gasteiger partial charge in [-0.15, -0.1) is 0 Å². The van der Waals surface area contributed by atoms with Crippen LogP contribution < -0.4 is 5.32 Å². The van der Waals surface area contributed by atoms with Crippen molar-refractivity contribution in [1.82, 2.24) is 20.1 Å². The highest BCUT2D eigenvalue weighted by Gasteiger charge is 2.39. The summed E-state index contributed by atoms with van der Waals surface area (Å²) in [6.45, 7) is 3.52. The molecule has 2 atom stereocenters. The lowest BCUT2D eigenvalue weighted by Crippen LogP contribution is -2.38. The molecule has 2 aliphatic rings. The van der Waals surface area contributed by atoms with Crippen molar-refractivity contribution in [1.29, 1.82) is 0 Å². The van der Waals surface area contributed by atoms with E-state index in [1.165, 1.54) is 28.9 Å². The van der Waals surface area contributed by atoms with Crippen LogP contribution in [0.2, 0.25) is 0 Å². The number of piperidine rings is 1. The predicted molar refractivity (Wildman–Crippen MR) is 155 cm³/mol. The third-order valence-corrected chi connectivity index (χ3v) is 8.53. The largest absolute Gasteiger partial charge is 0.361 e. The molecule has 3 aromatic carbocycles. The first-order valence-corrected chi connectivity index (χ1v) is 14.1. The molecule has 0 radical (unpaired) electrons. The molecule has 2 saturated heterocycles. The number of imide groups is 1. The monoisotopic (exact) mass is 520 g/mol. The van der Waals surface area contributed by atoms with E-state index in [0.717, 1.165) is 42.5 Å². The molecule has 3 amide bonds. The number of rotatable bonds is 9. The molecule has 4 aromatic rings. The number of H-pyrrole nitrogens is 1. The van der Waals surface area contributed by atoms with Crippen LogP contribution in [0.3, 0.4) is 0 Å². The van der Waals surface area contributed by atoms with E-state index in [-0.39, 0.29) is 17.9 Å². The molecule has 0 bridgehead atoms. The van der Waals surface area contributed by atoms with E-state index in [9.17, 15) is 9.59 Å². The zero-order valence-corrected chi connectivity index (χ0v) is 22.3. The molecule has 2 N–H and O–H groups in total. The number of likely N-dealkylation sites (tertiary alicyclic amines) is 1. The molecule has 39 heavy (non-hydrogen) atoms. The Morgan fingerprint density at radius 3 is 2.31 bits per heavy atom. The fraction of sp³-hybridized carbons (Fsp3) is 0.333. The fourth-order valence-corrected chi connectivity index (χ4v) is 6.27. The second-order valence-electron chi connectivity index (χ2n) is 10.9. The van der Waals surface area contributed by atoms with E-state index < -0.39 is 6.04 Å². The first-order valence-electron chi connectivity index (χ1n) is 14.1. The summed E-state index contributed by atoms with van der Waals surface area (Å²) in [4.78, 5) is 33.7. The van der Waals surface area contributed by atoms with Gasteiger partial charge in [0.2, 0.25) is 0 Å². The second kappa shape index (κ2) is 11.5. The van der Waals surface area contributed by atoms with Crippen LogP contribution in [-0.4, -0.2) is 58.9 Å². The Balaban J connectivity index is 1.10. The number of benzene rings is 3. The Hall–Kier alpha value is -3.90. The molecule has 6 heteroatoms. The summed E-state index contributed by atoms with van der Waals surface area (Å²) in [5.74, 6) is 0.599. The number of nitrogens with one attached hydrogen (secondary N) is 2. The van der Waals surface area contributed by atoms with Gasteiger partial charge in [-0.3, -0.25) is 9.69 Å². The van der Waals surface area contributed by atoms with Crippen LogP contribution in [-0.2, 0) is 11.2 Å². The number of para-hydroxylation sites is 1. The van der Waals surface area contributed by atoms with Gasteiger partial charge in [-0.25, -0.2) is 4.79 Å². The average Bonchev–Trinajstić information content (AvgIpc) is 3.52. The lowest BCUT2D eigenvalue weighted by molar-refractivity contribution is -0.127. The molecular formula is C33H36N4O2. The fourth-order valence-electron chi connectivity index (χ4n) is 6.27. The normalized spacial score (nSPS) is 19.5. The topological polar surface area (TPSA) is 68.4 Å². The molecule has 6 rings (SSSR count). The van der Waals surface area contributed by atoms with Gasteiger partial charge in [0.05, 0.1) is 0 Å². The molecule has 0 aliphatic carbocycles. The summed E-state index contributed by atoms with van der Waals surface area (Å²) in [6, 6.07) is 28.4. The number of hydrogen-bond acceptors (Lipinski definition) is 3. The van der Waals surface area contributed by atoms with E-state index in [4.69, 9.17) is 0 Å². The molecule has 200 valence electrons. The lowest BCUT2D eigenvalue weighted by Gasteiger charge is -2.33. The highest BCUT2D eigenvalue weighted by Crippen LogP contribution is 2.30. The van der Waals surface area contributed by atoms with Gasteiger partial charge < -0.3 is 15.2 Å². The summed E-state index contributed by atoms with van der Waals surface area (Å²) >= 11 is 0.